The number of hydrogen-bond donors (Lipinski definition) is 0. The van der Waals surface area contributed by atoms with Crippen molar-refractivity contribution in [3.05, 3.63) is 12.8 Å². The molecule has 0 amide bonds. The quantitative estimate of drug-likeness (QED) is 0.374. The number of hydrogen-bond acceptors (Lipinski definition) is 2. The Morgan fingerprint density at radius 3 is 2.13 bits per heavy atom. The van der Waals surface area contributed by atoms with Crippen LogP contribution in [0.3, 0.4) is 0 Å². The van der Waals surface area contributed by atoms with Gasteiger partial charge in [0.15, 0.2) is 8.32 Å². The highest BCUT2D eigenvalue weighted by atomic mass is 28.4. The summed E-state index contributed by atoms with van der Waals surface area (Å²) in [5, 5.41) is 0.310. The van der Waals surface area contributed by atoms with Gasteiger partial charge in [-0.15, -0.1) is 0 Å². The predicted molar refractivity (Wildman–Crippen MR) is 68.5 cm³/mol. The van der Waals surface area contributed by atoms with Gasteiger partial charge < -0.3 is 9.16 Å². The van der Waals surface area contributed by atoms with Crippen LogP contribution >= 0.6 is 0 Å². The first-order chi connectivity index (χ1) is 6.81. The minimum Gasteiger partial charge on any atom is -0.502 e. The zero-order valence-corrected chi connectivity index (χ0v) is 11.9. The molecule has 0 saturated heterocycles. The highest BCUT2D eigenvalue weighted by Gasteiger charge is 2.36. The monoisotopic (exact) mass is 230 g/mol. The zero-order chi connectivity index (χ0) is 11.9. The van der Waals surface area contributed by atoms with E-state index in [4.69, 9.17) is 9.16 Å². The van der Waals surface area contributed by atoms with E-state index < -0.39 is 8.32 Å². The lowest BCUT2D eigenvalue weighted by atomic mass is 10.2. The molecule has 0 N–H and O–H groups in total. The third-order valence-corrected chi connectivity index (χ3v) is 7.58. The Labute approximate surface area is 95.8 Å². The van der Waals surface area contributed by atoms with Gasteiger partial charge >= 0.3 is 0 Å². The molecule has 0 saturated carbocycles. The molecule has 0 atom stereocenters. The Hall–Kier alpha value is -0.283. The molecule has 0 aromatic heterocycles. The molecule has 0 aliphatic heterocycles. The normalized spacial score (nSPS) is 12.6. The minimum atomic E-state index is -1.53. The summed E-state index contributed by atoms with van der Waals surface area (Å²) < 4.78 is 11.1. The van der Waals surface area contributed by atoms with Gasteiger partial charge in [-0.2, -0.15) is 0 Å². The smallest absolute Gasteiger partial charge is 0.191 e. The fourth-order valence-corrected chi connectivity index (χ4v) is 2.00. The fraction of sp³-hybridized carbons (Fsp3) is 0.833. The minimum absolute atomic E-state index is 0.310. The first-order valence-corrected chi connectivity index (χ1v) is 8.58. The van der Waals surface area contributed by atoms with Gasteiger partial charge in [0.1, 0.15) is 0 Å². The molecule has 15 heavy (non-hydrogen) atoms. The molecule has 0 heterocycles. The van der Waals surface area contributed by atoms with Gasteiger partial charge in [-0.3, -0.25) is 0 Å². The van der Waals surface area contributed by atoms with E-state index in [1.165, 1.54) is 6.26 Å². The first-order valence-electron chi connectivity index (χ1n) is 5.68. The molecular formula is C12H26O2Si. The Balaban J connectivity index is 3.62. The van der Waals surface area contributed by atoms with Crippen LogP contribution in [0.1, 0.15) is 33.6 Å². The molecule has 2 nitrogen and oxygen atoms in total. The standard InChI is InChI=1S/C12H26O2Si/c1-7-13-10-8-9-11-14-15(5,6)12(2,3)4/h7H,1,8-11H2,2-6H3. The summed E-state index contributed by atoms with van der Waals surface area (Å²) in [5.41, 5.74) is 0. The maximum atomic E-state index is 6.03. The van der Waals surface area contributed by atoms with Crippen molar-refractivity contribution in [2.45, 2.75) is 51.7 Å². The Kier molecular flexibility index (Phi) is 6.21. The van der Waals surface area contributed by atoms with Gasteiger partial charge in [0.25, 0.3) is 0 Å². The maximum absolute atomic E-state index is 6.03. The number of rotatable bonds is 7. The van der Waals surface area contributed by atoms with Crippen LogP contribution < -0.4 is 0 Å². The third kappa shape index (κ3) is 6.00. The fourth-order valence-electron chi connectivity index (χ4n) is 0.915. The Bertz CT molecular complexity index is 183. The van der Waals surface area contributed by atoms with Crippen molar-refractivity contribution < 1.29 is 9.16 Å². The average Bonchev–Trinajstić information content (AvgIpc) is 2.09. The maximum Gasteiger partial charge on any atom is 0.191 e. The van der Waals surface area contributed by atoms with Gasteiger partial charge in [0, 0.05) is 6.61 Å². The van der Waals surface area contributed by atoms with Crippen LogP contribution in [0, 0.1) is 0 Å². The molecule has 3 heteroatoms. The molecule has 0 bridgehead atoms. The van der Waals surface area contributed by atoms with E-state index in [-0.39, 0.29) is 0 Å². The van der Waals surface area contributed by atoms with Crippen LogP contribution in [0.2, 0.25) is 18.1 Å². The lowest BCUT2D eigenvalue weighted by molar-refractivity contribution is 0.220. The van der Waals surface area contributed by atoms with E-state index >= 15 is 0 Å². The molecule has 0 aromatic carbocycles. The van der Waals surface area contributed by atoms with E-state index in [9.17, 15) is 0 Å². The summed E-state index contributed by atoms with van der Waals surface area (Å²) >= 11 is 0. The molecule has 0 spiro atoms. The average molecular weight is 230 g/mol. The predicted octanol–water partition coefficient (Wildman–Crippen LogP) is 3.95. The number of ether oxygens (including phenoxy) is 1. The summed E-state index contributed by atoms with van der Waals surface area (Å²) in [7, 11) is -1.53. The molecule has 0 radical (unpaired) electrons. The van der Waals surface area contributed by atoms with Crippen LogP contribution in [-0.2, 0) is 9.16 Å². The van der Waals surface area contributed by atoms with E-state index in [0.717, 1.165) is 26.1 Å². The van der Waals surface area contributed by atoms with E-state index in [2.05, 4.69) is 40.4 Å². The topological polar surface area (TPSA) is 18.5 Å². The summed E-state index contributed by atoms with van der Waals surface area (Å²) in [5.74, 6) is 0. The van der Waals surface area contributed by atoms with Crippen molar-refractivity contribution in [2.24, 2.45) is 0 Å². The highest BCUT2D eigenvalue weighted by Crippen LogP contribution is 2.36. The largest absolute Gasteiger partial charge is 0.502 e. The van der Waals surface area contributed by atoms with Gasteiger partial charge in [0.05, 0.1) is 12.9 Å². The second-order valence-corrected chi connectivity index (χ2v) is 10.2. The van der Waals surface area contributed by atoms with E-state index in [1.807, 2.05) is 0 Å². The van der Waals surface area contributed by atoms with Crippen molar-refractivity contribution in [2.75, 3.05) is 13.2 Å². The first kappa shape index (κ1) is 14.7. The van der Waals surface area contributed by atoms with E-state index in [0.29, 0.717) is 5.04 Å². The zero-order valence-electron chi connectivity index (χ0n) is 10.9. The summed E-state index contributed by atoms with van der Waals surface area (Å²) in [6, 6.07) is 0. The third-order valence-electron chi connectivity index (χ3n) is 3.04. The van der Waals surface area contributed by atoms with Crippen LogP contribution in [0.5, 0.6) is 0 Å². The van der Waals surface area contributed by atoms with Gasteiger partial charge in [0.2, 0.25) is 0 Å². The summed E-state index contributed by atoms with van der Waals surface area (Å²) in [4.78, 5) is 0. The van der Waals surface area contributed by atoms with Crippen molar-refractivity contribution in [3.63, 3.8) is 0 Å². The Morgan fingerprint density at radius 1 is 1.13 bits per heavy atom. The summed E-state index contributed by atoms with van der Waals surface area (Å²) in [6.07, 6.45) is 3.61. The van der Waals surface area contributed by atoms with Crippen LogP contribution in [0.4, 0.5) is 0 Å². The second-order valence-electron chi connectivity index (χ2n) is 5.35. The van der Waals surface area contributed by atoms with Crippen LogP contribution in [0.15, 0.2) is 12.8 Å². The van der Waals surface area contributed by atoms with Crippen molar-refractivity contribution in [1.29, 1.82) is 0 Å². The molecule has 0 fully saturated rings. The van der Waals surface area contributed by atoms with Crippen molar-refractivity contribution in [3.8, 4) is 0 Å². The molecule has 90 valence electrons. The van der Waals surface area contributed by atoms with Crippen molar-refractivity contribution in [1.82, 2.24) is 0 Å². The SMILES string of the molecule is C=COCCCCO[Si](C)(C)C(C)(C)C. The molecule has 0 aliphatic rings. The van der Waals surface area contributed by atoms with Crippen molar-refractivity contribution >= 4 is 8.32 Å². The second kappa shape index (κ2) is 6.33. The number of unbranched alkanes of at least 4 members (excludes halogenated alkanes) is 1. The van der Waals surface area contributed by atoms with Gasteiger partial charge in [-0.05, 0) is 31.0 Å². The lowest BCUT2D eigenvalue weighted by Crippen LogP contribution is -2.40. The summed E-state index contributed by atoms with van der Waals surface area (Å²) in [6.45, 7) is 16.5. The molecular weight excluding hydrogens is 204 g/mol. The van der Waals surface area contributed by atoms with Gasteiger partial charge in [-0.1, -0.05) is 27.4 Å². The highest BCUT2D eigenvalue weighted by molar-refractivity contribution is 6.74. The van der Waals surface area contributed by atoms with Crippen LogP contribution in [0.25, 0.3) is 0 Å². The Morgan fingerprint density at radius 2 is 1.67 bits per heavy atom. The molecule has 0 aliphatic carbocycles. The molecule has 0 aromatic rings. The lowest BCUT2D eigenvalue weighted by Gasteiger charge is -2.36. The van der Waals surface area contributed by atoms with Gasteiger partial charge in [-0.25, -0.2) is 0 Å². The van der Waals surface area contributed by atoms with E-state index in [1.54, 1.807) is 0 Å². The molecule has 0 rings (SSSR count). The van der Waals surface area contributed by atoms with Crippen LogP contribution in [-0.4, -0.2) is 21.5 Å². The molecule has 0 unspecified atom stereocenters.